The van der Waals surface area contributed by atoms with Crippen LogP contribution in [0.1, 0.15) is 198 Å². The van der Waals surface area contributed by atoms with E-state index >= 15 is 0 Å². The average molecular weight is 1500 g/mol. The van der Waals surface area contributed by atoms with E-state index in [9.17, 15) is 41.7 Å². The first-order valence-electron chi connectivity index (χ1n) is 34.4. The zero-order valence-corrected chi connectivity index (χ0v) is 62.0. The molecule has 8 aliphatic carbocycles. The van der Waals surface area contributed by atoms with E-state index in [1.54, 1.807) is 30.3 Å². The number of ketones is 1. The van der Waals surface area contributed by atoms with Crippen molar-refractivity contribution in [1.82, 2.24) is 0 Å². The molecule has 22 atom stereocenters. The van der Waals surface area contributed by atoms with Gasteiger partial charge in [0.25, 0.3) is 0 Å². The van der Waals surface area contributed by atoms with Gasteiger partial charge in [-0.2, -0.15) is 0 Å². The summed E-state index contributed by atoms with van der Waals surface area (Å²) in [5.41, 5.74) is 2.80. The zero-order chi connectivity index (χ0) is 65.1. The van der Waals surface area contributed by atoms with E-state index in [0.29, 0.717) is 101 Å². The van der Waals surface area contributed by atoms with E-state index in [0.717, 1.165) is 68.7 Å². The van der Waals surface area contributed by atoms with Crippen LogP contribution < -0.4 is 14.9 Å². The summed E-state index contributed by atoms with van der Waals surface area (Å²) in [4.78, 5) is 31.2. The molecule has 0 bridgehead atoms. The Morgan fingerprint density at radius 3 is 1.58 bits per heavy atom. The van der Waals surface area contributed by atoms with Gasteiger partial charge in [-0.25, -0.2) is 31.8 Å². The van der Waals surface area contributed by atoms with Gasteiger partial charge in [-0.1, -0.05) is 108 Å². The number of Topliss-reactive ketones (excluding diaryl/α,β-unsaturated/α-hetero) is 1. The molecule has 0 spiro atoms. The van der Waals surface area contributed by atoms with Gasteiger partial charge in [-0.05, 0) is 244 Å². The molecule has 8 fully saturated rings. The number of sulfonamides is 1. The van der Waals surface area contributed by atoms with Crippen molar-refractivity contribution in [2.24, 2.45) is 121 Å². The van der Waals surface area contributed by atoms with Crippen molar-refractivity contribution >= 4 is 51.5 Å². The molecule has 2 radical (unpaired) electrons. The summed E-state index contributed by atoms with van der Waals surface area (Å²) in [6, 6.07) is 13.3. The Morgan fingerprint density at radius 2 is 1.11 bits per heavy atom. The van der Waals surface area contributed by atoms with Crippen LogP contribution in [0.3, 0.4) is 0 Å². The van der Waals surface area contributed by atoms with Gasteiger partial charge in [-0.3, -0.25) is 4.79 Å². The quantitative estimate of drug-likeness (QED) is 0.0665. The maximum atomic E-state index is 13.0. The number of carbonyl (C=O) groups excluding carboxylic acids is 2. The largest absolute Gasteiger partial charge is 0.393 e. The van der Waals surface area contributed by atoms with Crippen molar-refractivity contribution in [3.63, 3.8) is 0 Å². The van der Waals surface area contributed by atoms with E-state index in [4.69, 9.17) is 6.47 Å². The molecule has 0 aliphatic heterocycles. The Kier molecular flexibility index (Phi) is 26.6. The number of hydrogen-bond donors (Lipinski definition) is 4. The number of primary sulfonamides is 1. The molecule has 5 N–H and O–H groups in total. The molecule has 13 nitrogen and oxygen atoms in total. The van der Waals surface area contributed by atoms with Gasteiger partial charge in [-0.15, -0.1) is 0 Å². The Hall–Kier alpha value is -2.05. The minimum absolute atomic E-state index is 0. The minimum Gasteiger partial charge on any atom is -0.393 e. The summed E-state index contributed by atoms with van der Waals surface area (Å²) in [7, 11) is 3.91. The summed E-state index contributed by atoms with van der Waals surface area (Å²) < 4.78 is 53.1. The molecule has 8 saturated carbocycles. The number of nitrogens with two attached hydrogens (primary N) is 1. The first kappa shape index (κ1) is 76.0. The number of anilines is 2. The van der Waals surface area contributed by atoms with Crippen molar-refractivity contribution in [2.75, 3.05) is 50.3 Å². The average Bonchev–Trinajstić information content (AvgIpc) is 1.22. The SMILES string of the molecule is C.CC[C@H]1[C@@H](O)[C@@H]2[C@H](CC[C@]3(C)[C@@H]([C@H](C)CCCC(=O)CS(=O)(=O)c4cccc(N(C)C)c4)CC[C@@H]23)[C@@]2(C)CC[C@@H](O)C[C@@H]12.CC[C@H]1[C@@H](O)[C@@H]2[C@H](CC[C@]3(C)[C@@H]([C@H](C)CCN=C=O)CC[C@@H]23)[C@@]2(C)CC[C@@H](C)C[C@@H]12.CN(C)c1cccc(S(N)(=O)=O)c1.[2H][B].[U]. The summed E-state index contributed by atoms with van der Waals surface area (Å²) >= 11 is 0. The van der Waals surface area contributed by atoms with Crippen LogP contribution in [-0.2, 0) is 29.4 Å². The van der Waals surface area contributed by atoms with Crippen LogP contribution in [0.5, 0.6) is 0 Å². The molecule has 8 aliphatic rings. The second-order valence-electron chi connectivity index (χ2n) is 30.9. The third kappa shape index (κ3) is 15.8. The Labute approximate surface area is 567 Å². The van der Waals surface area contributed by atoms with Crippen LogP contribution in [0.2, 0.25) is 0 Å². The number of benzene rings is 2. The number of fused-ring (bicyclic) bond motifs is 10. The fourth-order valence-corrected chi connectivity index (χ4v) is 23.6. The Bertz CT molecular complexity index is 2940. The summed E-state index contributed by atoms with van der Waals surface area (Å²) in [6.07, 6.45) is 23.0. The second-order valence-corrected chi connectivity index (χ2v) is 34.5. The van der Waals surface area contributed by atoms with Crippen LogP contribution in [0, 0.1) is 142 Å². The fraction of sp³-hybridized carbons (Fsp3) is 0.806. The number of aliphatic hydroxyl groups excluding tert-OH is 3. The molecule has 0 heterocycles. The van der Waals surface area contributed by atoms with E-state index in [1.807, 2.05) is 50.1 Å². The number of hydrogen-bond acceptors (Lipinski definition) is 12. The van der Waals surface area contributed by atoms with Crippen LogP contribution in [0.4, 0.5) is 11.4 Å². The van der Waals surface area contributed by atoms with Gasteiger partial charge < -0.3 is 25.1 Å². The zero-order valence-electron chi connectivity index (χ0n) is 57.2. The molecule has 0 saturated heterocycles. The van der Waals surface area contributed by atoms with E-state index in [1.165, 1.54) is 82.8 Å². The van der Waals surface area contributed by atoms with Gasteiger partial charge in [0.15, 0.2) is 9.84 Å². The molecular formula is C72H119BN4O9S2U. The smallest absolute Gasteiger partial charge is 0.238 e. The van der Waals surface area contributed by atoms with Gasteiger partial charge >= 0.3 is 0 Å². The molecule has 0 unspecified atom stereocenters. The predicted octanol–water partition coefficient (Wildman–Crippen LogP) is 13.2. The minimum atomic E-state index is -3.66. The normalized spacial score (nSPS) is 38.2. The van der Waals surface area contributed by atoms with Crippen LogP contribution in [0.15, 0.2) is 63.3 Å². The Morgan fingerprint density at radius 1 is 0.674 bits per heavy atom. The van der Waals surface area contributed by atoms with Crippen molar-refractivity contribution in [3.05, 3.63) is 48.5 Å². The molecule has 89 heavy (non-hydrogen) atoms. The molecule has 17 heteroatoms. The van der Waals surface area contributed by atoms with E-state index in [-0.39, 0.29) is 89.2 Å². The number of aliphatic imine (C=N–C) groups is 1. The van der Waals surface area contributed by atoms with Crippen molar-refractivity contribution in [1.29, 1.82) is 1.34 Å². The molecule has 500 valence electrons. The van der Waals surface area contributed by atoms with Gasteiger partial charge in [0.2, 0.25) is 16.1 Å². The third-order valence-electron chi connectivity index (χ3n) is 26.2. The number of rotatable bonds is 17. The molecule has 0 aromatic heterocycles. The first-order valence-corrected chi connectivity index (χ1v) is 37.0. The van der Waals surface area contributed by atoms with Gasteiger partial charge in [0, 0.05) is 85.5 Å². The molecule has 10 rings (SSSR count). The Balaban J connectivity index is 0.000000271. The van der Waals surface area contributed by atoms with Crippen molar-refractivity contribution < 1.29 is 72.9 Å². The van der Waals surface area contributed by atoms with Crippen LogP contribution in [-0.4, -0.2) is 113 Å². The standard InChI is InChI=1S/C36H57NO5S.C27H45NO2.C8H12N2O2S.CH4.BH.U/c1-7-28-32-21-25(38)16-18-36(32,4)31-17-19-35(3)29(14-15-30(35)33(31)34(28)40)23(2)10-8-12-26(39)22-43(41,42)27-13-9-11-24(20-27)37(5)6;1-6-19-23-15-17(2)9-12-27(23,5)22-10-13-26(4)20(18(3)11-14-28-16-29)7-8-21(26)24(22)25(19)30;1-10(2)7-4-3-5-8(6-7)13(9,11)12;;;/h9,11,13,20,23,25,28-34,38,40H,7-8,10,12,14-19,21-22H2,1-6H3;17-25,30H,6-15H2,1-5H3;3-6H,1-2H3,(H2,9,11,12);1H4;1H;/t23-,25-,28-,29-,30+,31+,32+,33+,34-,35-,36-;17-,18-,19-,20-,21+,22+,23+,24+,25-,26-,27-;;;;/m11..../s1/i;;;;1D;. The molecule has 0 amide bonds. The summed E-state index contributed by atoms with van der Waals surface area (Å²) in [6.45, 7) is 22.5. The maximum absolute atomic E-state index is 13.0. The number of carbonyl (C=O) groups is 1. The number of aliphatic hydroxyl groups is 3. The topological polar surface area (TPSA) is 208 Å². The second kappa shape index (κ2) is 31.2. The number of sulfone groups is 1. The van der Waals surface area contributed by atoms with Gasteiger partial charge in [0.05, 0.1) is 34.6 Å². The predicted molar refractivity (Wildman–Crippen MR) is 360 cm³/mol. The monoisotopic (exact) mass is 1500 g/mol. The summed E-state index contributed by atoms with van der Waals surface area (Å²) in [5.74, 6) is 7.67. The fourth-order valence-electron chi connectivity index (χ4n) is 21.7. The maximum Gasteiger partial charge on any atom is 0.238 e. The molecule has 2 aromatic rings. The van der Waals surface area contributed by atoms with Crippen molar-refractivity contribution in [2.45, 2.75) is 226 Å². The summed E-state index contributed by atoms with van der Waals surface area (Å²) in [5, 5.41) is 39.3. The van der Waals surface area contributed by atoms with Crippen LogP contribution in [0.25, 0.3) is 0 Å². The van der Waals surface area contributed by atoms with E-state index < -0.39 is 25.6 Å². The molecule has 2 aromatic carbocycles. The van der Waals surface area contributed by atoms with Crippen LogP contribution >= 0.6 is 0 Å². The third-order valence-corrected chi connectivity index (χ3v) is 28.8. The first-order chi connectivity index (χ1) is 41.4. The number of isocyanates is 1. The number of nitrogens with zero attached hydrogens (tertiary/aromatic N) is 3. The molecular weight excluding hydrogens is 1380 g/mol. The van der Waals surface area contributed by atoms with E-state index in [2.05, 4.69) is 75.7 Å². The van der Waals surface area contributed by atoms with Crippen molar-refractivity contribution in [3.8, 4) is 0 Å². The van der Waals surface area contributed by atoms with Gasteiger partial charge in [0.1, 0.15) is 11.5 Å².